The Kier molecular flexibility index (Phi) is 11.4. The molecular formula is C30H56N6O4. The van der Waals surface area contributed by atoms with Gasteiger partial charge >= 0.3 is 5.97 Å². The summed E-state index contributed by atoms with van der Waals surface area (Å²) in [5.41, 5.74) is 4.64. The number of aliphatic carboxylic acids is 1. The second-order valence-corrected chi connectivity index (χ2v) is 13.7. The van der Waals surface area contributed by atoms with Crippen LogP contribution in [0.5, 0.6) is 0 Å². The smallest absolute Gasteiger partial charge is 0.306 e. The predicted octanol–water partition coefficient (Wildman–Crippen LogP) is 1.79. The van der Waals surface area contributed by atoms with Crippen LogP contribution in [0.3, 0.4) is 0 Å². The maximum atomic E-state index is 11.5. The molecule has 8 N–H and O–H groups in total. The summed E-state index contributed by atoms with van der Waals surface area (Å²) in [5, 5.41) is 41.6. The highest BCUT2D eigenvalue weighted by atomic mass is 16.4. The molecule has 0 aromatic rings. The summed E-state index contributed by atoms with van der Waals surface area (Å²) in [6.07, 6.45) is 13.5. The van der Waals surface area contributed by atoms with Crippen molar-refractivity contribution in [2.75, 3.05) is 26.3 Å². The number of nitrogens with zero attached hydrogens (tertiary/aromatic N) is 2. The zero-order chi connectivity index (χ0) is 28.8. The van der Waals surface area contributed by atoms with E-state index in [9.17, 15) is 20.1 Å². The van der Waals surface area contributed by atoms with Gasteiger partial charge in [-0.2, -0.15) is 0 Å². The number of carboxylic acids is 1. The third-order valence-corrected chi connectivity index (χ3v) is 10.3. The lowest BCUT2D eigenvalue weighted by atomic mass is 9.72. The number of nitrogens with one attached hydrogen (secondary N) is 3. The Labute approximate surface area is 240 Å². The van der Waals surface area contributed by atoms with Crippen LogP contribution in [-0.4, -0.2) is 100 Å². The molecule has 0 amide bonds. The summed E-state index contributed by atoms with van der Waals surface area (Å²) < 4.78 is 0. The number of nitrogens with two attached hydrogens (primary N) is 1. The molecule has 3 aliphatic heterocycles. The van der Waals surface area contributed by atoms with Gasteiger partial charge in [0, 0.05) is 43.0 Å². The zero-order valence-electron chi connectivity index (χ0n) is 24.9. The lowest BCUT2D eigenvalue weighted by Crippen LogP contribution is -2.63. The fourth-order valence-corrected chi connectivity index (χ4v) is 7.73. The van der Waals surface area contributed by atoms with Gasteiger partial charge in [0.2, 0.25) is 0 Å². The number of rotatable bonds is 13. The van der Waals surface area contributed by atoms with Gasteiger partial charge in [0.05, 0.1) is 31.0 Å². The number of carboxylic acid groups (broad SMARTS) is 1. The molecule has 7 atom stereocenters. The number of hydrogen-bond donors (Lipinski definition) is 7. The summed E-state index contributed by atoms with van der Waals surface area (Å²) in [6, 6.07) is 0.908. The zero-order valence-corrected chi connectivity index (χ0v) is 24.9. The highest BCUT2D eigenvalue weighted by molar-refractivity contribution is 5.68. The van der Waals surface area contributed by atoms with E-state index in [1.54, 1.807) is 0 Å². The van der Waals surface area contributed by atoms with Gasteiger partial charge in [-0.3, -0.25) is 14.7 Å². The van der Waals surface area contributed by atoms with E-state index in [1.807, 2.05) is 6.21 Å². The fourth-order valence-electron chi connectivity index (χ4n) is 7.73. The number of unbranched alkanes of at least 4 members (excludes halogenated alkanes) is 2. The molecule has 230 valence electrons. The second kappa shape index (κ2) is 14.4. The van der Waals surface area contributed by atoms with Gasteiger partial charge in [0.1, 0.15) is 0 Å². The molecule has 1 saturated carbocycles. The van der Waals surface area contributed by atoms with E-state index in [1.165, 1.54) is 32.1 Å². The molecular weight excluding hydrogens is 508 g/mol. The minimum absolute atomic E-state index is 0.0784. The van der Waals surface area contributed by atoms with Gasteiger partial charge in [-0.25, -0.2) is 0 Å². The van der Waals surface area contributed by atoms with Gasteiger partial charge in [0.15, 0.2) is 0 Å². The maximum absolute atomic E-state index is 11.5. The van der Waals surface area contributed by atoms with Crippen LogP contribution in [0.25, 0.3) is 0 Å². The van der Waals surface area contributed by atoms with Crippen LogP contribution in [0.1, 0.15) is 97.3 Å². The van der Waals surface area contributed by atoms with Crippen LogP contribution < -0.4 is 21.7 Å². The molecule has 0 aromatic carbocycles. The standard InChI is InChI=1S/C30H56N6O4/c1-21-25(37)16-24(36-15-14-32-20-36)28(35-21)23-9-7-22(8-10-23)6-4-3-5-11-30(40,18-27(38)39)19-34-29(2)12-13-33-26(31)17-29/h14,21-26,28,33-35,37,40H,3-13,15-20,31H2,1-2H3,(H,38,39)/t21-,22?,23?,24-,25+,26-,28+,29+,30+/m0/s1. The number of hydrogen-bond acceptors (Lipinski definition) is 9. The highest BCUT2D eigenvalue weighted by Crippen LogP contribution is 2.37. The summed E-state index contributed by atoms with van der Waals surface area (Å²) in [7, 11) is 0. The first-order valence-electron chi connectivity index (χ1n) is 15.9. The van der Waals surface area contributed by atoms with E-state index in [0.29, 0.717) is 24.4 Å². The van der Waals surface area contributed by atoms with Gasteiger partial charge in [-0.1, -0.05) is 38.5 Å². The van der Waals surface area contributed by atoms with E-state index < -0.39 is 11.6 Å². The largest absolute Gasteiger partial charge is 0.481 e. The normalized spacial score (nSPS) is 38.8. The van der Waals surface area contributed by atoms with Crippen molar-refractivity contribution in [1.29, 1.82) is 0 Å². The molecule has 0 aromatic heterocycles. The lowest BCUT2D eigenvalue weighted by Gasteiger charge is -2.47. The Morgan fingerprint density at radius 3 is 2.70 bits per heavy atom. The summed E-state index contributed by atoms with van der Waals surface area (Å²) in [6.45, 7) is 6.96. The van der Waals surface area contributed by atoms with Crippen LogP contribution in [0.4, 0.5) is 0 Å². The molecule has 0 bridgehead atoms. The Morgan fingerprint density at radius 2 is 2.02 bits per heavy atom. The van der Waals surface area contributed by atoms with Crippen LogP contribution in [0.2, 0.25) is 0 Å². The van der Waals surface area contributed by atoms with Gasteiger partial charge in [-0.05, 0) is 70.8 Å². The third kappa shape index (κ3) is 8.93. The first-order chi connectivity index (χ1) is 19.1. The van der Waals surface area contributed by atoms with Crippen LogP contribution >= 0.6 is 0 Å². The number of aliphatic hydroxyl groups is 2. The molecule has 1 aliphatic carbocycles. The van der Waals surface area contributed by atoms with Crippen molar-refractivity contribution < 1.29 is 20.1 Å². The van der Waals surface area contributed by atoms with Gasteiger partial charge < -0.3 is 37.0 Å². The van der Waals surface area contributed by atoms with Crippen molar-refractivity contribution >= 4 is 12.2 Å². The van der Waals surface area contributed by atoms with Crippen LogP contribution in [-0.2, 0) is 4.79 Å². The molecule has 0 spiro atoms. The number of aliphatic imine (C=N–C) groups is 1. The molecule has 2 saturated heterocycles. The number of piperidine rings is 2. The Bertz CT molecular complexity index is 831. The topological polar surface area (TPSA) is 155 Å². The van der Waals surface area contributed by atoms with Crippen molar-refractivity contribution in [3.05, 3.63) is 0 Å². The lowest BCUT2D eigenvalue weighted by molar-refractivity contribution is -0.143. The maximum Gasteiger partial charge on any atom is 0.306 e. The quantitative estimate of drug-likeness (QED) is 0.166. The first-order valence-corrected chi connectivity index (χ1v) is 15.9. The van der Waals surface area contributed by atoms with E-state index in [0.717, 1.165) is 64.2 Å². The third-order valence-electron chi connectivity index (χ3n) is 10.3. The molecule has 3 fully saturated rings. The predicted molar refractivity (Wildman–Crippen MR) is 158 cm³/mol. The molecule has 10 nitrogen and oxygen atoms in total. The average Bonchev–Trinajstić information content (AvgIpc) is 3.44. The number of aliphatic hydroxyl groups excluding tert-OH is 1. The van der Waals surface area contributed by atoms with Crippen molar-refractivity contribution in [2.24, 2.45) is 22.6 Å². The number of carbonyl (C=O) groups is 1. The highest BCUT2D eigenvalue weighted by Gasteiger charge is 2.42. The molecule has 0 radical (unpaired) electrons. The first kappa shape index (κ1) is 31.8. The Hall–Kier alpha value is -1.14. The minimum Gasteiger partial charge on any atom is -0.481 e. The van der Waals surface area contributed by atoms with Crippen LogP contribution in [0, 0.1) is 11.8 Å². The van der Waals surface area contributed by atoms with Crippen molar-refractivity contribution in [1.82, 2.24) is 20.9 Å². The van der Waals surface area contributed by atoms with E-state index >= 15 is 0 Å². The molecule has 0 unspecified atom stereocenters. The summed E-state index contributed by atoms with van der Waals surface area (Å²) in [4.78, 5) is 18.4. The molecule has 10 heteroatoms. The average molecular weight is 565 g/mol. The van der Waals surface area contributed by atoms with Gasteiger partial charge in [0.25, 0.3) is 0 Å². The second-order valence-electron chi connectivity index (χ2n) is 13.7. The molecule has 4 aliphatic rings. The van der Waals surface area contributed by atoms with E-state index in [2.05, 4.69) is 39.7 Å². The van der Waals surface area contributed by atoms with E-state index in [4.69, 9.17) is 5.73 Å². The monoisotopic (exact) mass is 564 g/mol. The minimum atomic E-state index is -1.24. The van der Waals surface area contributed by atoms with Gasteiger partial charge in [-0.15, -0.1) is 0 Å². The molecule has 4 rings (SSSR count). The summed E-state index contributed by atoms with van der Waals surface area (Å²) in [5.74, 6) is 0.441. The molecule has 3 heterocycles. The SMILES string of the molecule is C[C@@H]1N[C@H](C2CCC(CCCCC[C@](O)(CN[C@]3(C)CCN[C@H](N)C3)CC(=O)O)CC2)[C@@H](N2CC=NC2)C[C@H]1O. The van der Waals surface area contributed by atoms with E-state index in [-0.39, 0.29) is 36.8 Å². The van der Waals surface area contributed by atoms with Crippen molar-refractivity contribution in [3.8, 4) is 0 Å². The molecule has 40 heavy (non-hydrogen) atoms. The fraction of sp³-hybridized carbons (Fsp3) is 0.933. The number of β-amino-alcohol motifs (C(OH)–C–C–N with tert-alkyl or cyclic N) is 1. The summed E-state index contributed by atoms with van der Waals surface area (Å²) >= 11 is 0. The van der Waals surface area contributed by atoms with Crippen molar-refractivity contribution in [3.63, 3.8) is 0 Å². The Balaban J connectivity index is 1.17. The van der Waals surface area contributed by atoms with Crippen molar-refractivity contribution in [2.45, 2.75) is 139 Å². The Morgan fingerprint density at radius 1 is 1.25 bits per heavy atom. The van der Waals surface area contributed by atoms with Crippen LogP contribution in [0.15, 0.2) is 4.99 Å².